The Kier molecular flexibility index (Phi) is 8.11. The van der Waals surface area contributed by atoms with Crippen LogP contribution in [0.1, 0.15) is 46.5 Å². The number of hydrogen-bond acceptors (Lipinski definition) is 4. The highest BCUT2D eigenvalue weighted by Crippen LogP contribution is 2.33. The molecule has 0 bridgehead atoms. The molecule has 152 valence electrons. The van der Waals surface area contributed by atoms with Crippen LogP contribution in [-0.2, 0) is 9.47 Å². The van der Waals surface area contributed by atoms with Crippen LogP contribution in [0.5, 0.6) is 0 Å². The van der Waals surface area contributed by atoms with Crippen molar-refractivity contribution in [2.45, 2.75) is 58.1 Å². The lowest BCUT2D eigenvalue weighted by molar-refractivity contribution is -0.00664. The molecular weight excluding hydrogens is 340 g/mol. The van der Waals surface area contributed by atoms with E-state index in [4.69, 9.17) is 9.47 Å². The summed E-state index contributed by atoms with van der Waals surface area (Å²) < 4.78 is 10.9. The Morgan fingerprint density at radius 3 is 2.00 bits per heavy atom. The second-order valence-electron chi connectivity index (χ2n) is 8.71. The van der Waals surface area contributed by atoms with Crippen LogP contribution in [0.25, 0.3) is 0 Å². The molecule has 1 aliphatic carbocycles. The maximum absolute atomic E-state index is 12.1. The zero-order chi connectivity index (χ0) is 19.8. The molecule has 0 unspecified atom stereocenters. The highest BCUT2D eigenvalue weighted by atomic mass is 16.6. The van der Waals surface area contributed by atoms with Crippen molar-refractivity contribution in [1.29, 1.82) is 0 Å². The van der Waals surface area contributed by atoms with Gasteiger partial charge in [-0.3, -0.25) is 0 Å². The van der Waals surface area contributed by atoms with E-state index in [0.29, 0.717) is 6.04 Å². The Hall–Kier alpha value is -1.59. The van der Waals surface area contributed by atoms with Crippen molar-refractivity contribution in [3.63, 3.8) is 0 Å². The summed E-state index contributed by atoms with van der Waals surface area (Å²) >= 11 is 0. The van der Waals surface area contributed by atoms with Gasteiger partial charge in [0.05, 0.1) is 6.61 Å². The molecule has 1 saturated carbocycles. The van der Waals surface area contributed by atoms with Crippen LogP contribution in [0.15, 0.2) is 36.4 Å². The van der Waals surface area contributed by atoms with Crippen LogP contribution in [0.3, 0.4) is 0 Å². The molecule has 2 fully saturated rings. The van der Waals surface area contributed by atoms with Crippen LogP contribution in [0, 0.1) is 5.41 Å². The van der Waals surface area contributed by atoms with E-state index in [-0.39, 0.29) is 11.5 Å². The summed E-state index contributed by atoms with van der Waals surface area (Å²) in [6.07, 6.45) is 4.35. The van der Waals surface area contributed by atoms with E-state index >= 15 is 0 Å². The molecule has 1 N–H and O–H groups in total. The van der Waals surface area contributed by atoms with Gasteiger partial charge in [0.1, 0.15) is 5.60 Å². The van der Waals surface area contributed by atoms with Crippen molar-refractivity contribution in [2.24, 2.45) is 5.41 Å². The second kappa shape index (κ2) is 10.1. The fraction of sp³-hybridized carbons (Fsp3) is 0.682. The number of carbonyl (C=O) groups is 1. The van der Waals surface area contributed by atoms with Gasteiger partial charge in [0, 0.05) is 38.2 Å². The number of hydrogen-bond donors (Lipinski definition) is 1. The minimum atomic E-state index is -0.425. The van der Waals surface area contributed by atoms with Gasteiger partial charge in [-0.15, -0.1) is 0 Å². The first-order valence-corrected chi connectivity index (χ1v) is 10.0. The minimum absolute atomic E-state index is 0.163. The van der Waals surface area contributed by atoms with E-state index in [1.165, 1.54) is 12.8 Å². The topological polar surface area (TPSA) is 50.8 Å². The smallest absolute Gasteiger partial charge is 0.410 e. The summed E-state index contributed by atoms with van der Waals surface area (Å²) in [6, 6.07) is 12.7. The number of piperidine rings is 1. The third-order valence-corrected chi connectivity index (χ3v) is 4.94. The number of rotatable bonds is 5. The maximum atomic E-state index is 12.1. The molecule has 0 spiro atoms. The van der Waals surface area contributed by atoms with Gasteiger partial charge in [-0.25, -0.2) is 4.79 Å². The van der Waals surface area contributed by atoms with Crippen LogP contribution < -0.4 is 5.32 Å². The van der Waals surface area contributed by atoms with Gasteiger partial charge in [-0.2, -0.15) is 0 Å². The van der Waals surface area contributed by atoms with E-state index < -0.39 is 5.60 Å². The maximum Gasteiger partial charge on any atom is 0.410 e. The molecule has 0 aromatic heterocycles. The average Bonchev–Trinajstić information content (AvgIpc) is 3.46. The van der Waals surface area contributed by atoms with Crippen LogP contribution in [0.4, 0.5) is 4.79 Å². The monoisotopic (exact) mass is 376 g/mol. The van der Waals surface area contributed by atoms with Crippen molar-refractivity contribution in [3.05, 3.63) is 36.4 Å². The number of likely N-dealkylation sites (tertiary alicyclic amines) is 1. The van der Waals surface area contributed by atoms with Crippen molar-refractivity contribution >= 4 is 6.09 Å². The minimum Gasteiger partial charge on any atom is -0.444 e. The van der Waals surface area contributed by atoms with Crippen molar-refractivity contribution in [3.8, 4) is 0 Å². The molecule has 1 aromatic carbocycles. The van der Waals surface area contributed by atoms with E-state index in [1.54, 1.807) is 7.11 Å². The molecule has 1 saturated heterocycles. The Bertz CT molecular complexity index is 518. The molecule has 3 rings (SSSR count). The number of nitrogens with zero attached hydrogens (tertiary/aromatic N) is 1. The normalized spacial score (nSPS) is 19.0. The number of amides is 1. The molecule has 5 heteroatoms. The number of ether oxygens (including phenoxy) is 2. The van der Waals surface area contributed by atoms with Crippen molar-refractivity contribution < 1.29 is 14.3 Å². The Morgan fingerprint density at radius 2 is 1.59 bits per heavy atom. The van der Waals surface area contributed by atoms with Gasteiger partial charge < -0.3 is 19.7 Å². The molecule has 27 heavy (non-hydrogen) atoms. The van der Waals surface area contributed by atoms with Crippen molar-refractivity contribution in [2.75, 3.05) is 33.4 Å². The molecule has 5 nitrogen and oxygen atoms in total. The molecule has 1 aromatic rings. The van der Waals surface area contributed by atoms with Gasteiger partial charge in [0.2, 0.25) is 0 Å². The van der Waals surface area contributed by atoms with Crippen molar-refractivity contribution in [1.82, 2.24) is 10.2 Å². The van der Waals surface area contributed by atoms with Gasteiger partial charge in [-0.1, -0.05) is 36.4 Å². The molecule has 1 heterocycles. The Balaban J connectivity index is 0.000000369. The van der Waals surface area contributed by atoms with Crippen LogP contribution in [-0.4, -0.2) is 56.0 Å². The highest BCUT2D eigenvalue weighted by Gasteiger charge is 2.38. The average molecular weight is 377 g/mol. The molecule has 1 aliphatic heterocycles. The van der Waals surface area contributed by atoms with E-state index in [2.05, 4.69) is 5.32 Å². The number of carbonyl (C=O) groups excluding carboxylic acids is 1. The number of methoxy groups -OCH3 is 1. The van der Waals surface area contributed by atoms with Crippen LogP contribution in [0.2, 0.25) is 0 Å². The summed E-state index contributed by atoms with van der Waals surface area (Å²) in [5.74, 6) is 0. The summed E-state index contributed by atoms with van der Waals surface area (Å²) in [6.45, 7) is 8.98. The van der Waals surface area contributed by atoms with Gasteiger partial charge >= 0.3 is 6.09 Å². The molecule has 0 radical (unpaired) electrons. The molecule has 2 aliphatic rings. The Morgan fingerprint density at radius 1 is 1.07 bits per heavy atom. The molecule has 1 amide bonds. The third kappa shape index (κ3) is 8.31. The summed E-state index contributed by atoms with van der Waals surface area (Å²) in [5.41, 5.74) is -0.262. The number of benzene rings is 1. The highest BCUT2D eigenvalue weighted by molar-refractivity contribution is 5.68. The SMILES string of the molecule is COCC1(CNC2CC2)CCN(C(=O)OC(C)(C)C)CC1.c1ccccc1. The summed E-state index contributed by atoms with van der Waals surface area (Å²) in [5, 5.41) is 3.62. The van der Waals surface area contributed by atoms with E-state index in [1.807, 2.05) is 62.1 Å². The first-order valence-electron chi connectivity index (χ1n) is 10.0. The van der Waals surface area contributed by atoms with E-state index in [9.17, 15) is 4.79 Å². The molecular formula is C22H36N2O3. The first-order chi connectivity index (χ1) is 12.8. The van der Waals surface area contributed by atoms with Gasteiger partial charge in [0.25, 0.3) is 0 Å². The predicted octanol–water partition coefficient (Wildman–Crippen LogP) is 4.09. The molecule has 0 atom stereocenters. The number of nitrogens with one attached hydrogen (secondary N) is 1. The largest absolute Gasteiger partial charge is 0.444 e. The standard InChI is InChI=1S/C16H30N2O3.C6H6/c1-15(2,3)21-14(19)18-9-7-16(8-10-18,12-20-4)11-17-13-5-6-13;1-2-4-6-5-3-1/h13,17H,5-12H2,1-4H3;1-6H. The predicted molar refractivity (Wildman–Crippen MR) is 109 cm³/mol. The van der Waals surface area contributed by atoms with Gasteiger partial charge in [-0.05, 0) is 46.5 Å². The zero-order valence-electron chi connectivity index (χ0n) is 17.4. The fourth-order valence-electron chi connectivity index (χ4n) is 3.20. The van der Waals surface area contributed by atoms with Crippen LogP contribution >= 0.6 is 0 Å². The Labute approximate surface area is 164 Å². The summed E-state index contributed by atoms with van der Waals surface area (Å²) in [7, 11) is 1.76. The second-order valence-corrected chi connectivity index (χ2v) is 8.71. The first kappa shape index (κ1) is 21.7. The lowest BCUT2D eigenvalue weighted by Crippen LogP contribution is -2.50. The quantitative estimate of drug-likeness (QED) is 0.841. The lowest BCUT2D eigenvalue weighted by atomic mass is 9.79. The third-order valence-electron chi connectivity index (χ3n) is 4.94. The lowest BCUT2D eigenvalue weighted by Gasteiger charge is -2.41. The summed E-state index contributed by atoms with van der Waals surface area (Å²) in [4.78, 5) is 13.9. The fourth-order valence-corrected chi connectivity index (χ4v) is 3.20. The zero-order valence-corrected chi connectivity index (χ0v) is 17.4. The van der Waals surface area contributed by atoms with E-state index in [0.717, 1.165) is 39.1 Å². The van der Waals surface area contributed by atoms with Gasteiger partial charge in [0.15, 0.2) is 0 Å².